The number of anilines is 2. The highest BCUT2D eigenvalue weighted by Gasteiger charge is 2.37. The Balaban J connectivity index is 1.42. The minimum absolute atomic E-state index is 0.360. The lowest BCUT2D eigenvalue weighted by Crippen LogP contribution is -2.39. The Hall–Kier alpha value is -2.22. The van der Waals surface area contributed by atoms with E-state index in [0.29, 0.717) is 28.9 Å². The fourth-order valence-corrected chi connectivity index (χ4v) is 4.21. The van der Waals surface area contributed by atoms with Gasteiger partial charge in [-0.3, -0.25) is 19.4 Å². The van der Waals surface area contributed by atoms with Crippen LogP contribution < -0.4 is 9.80 Å². The van der Waals surface area contributed by atoms with Gasteiger partial charge in [-0.25, -0.2) is 0 Å². The predicted octanol–water partition coefficient (Wildman–Crippen LogP) is 2.90. The van der Waals surface area contributed by atoms with Crippen molar-refractivity contribution in [1.82, 2.24) is 4.90 Å². The molecule has 1 saturated heterocycles. The van der Waals surface area contributed by atoms with Gasteiger partial charge in [0.1, 0.15) is 0 Å². The summed E-state index contributed by atoms with van der Waals surface area (Å²) in [6.45, 7) is 4.41. The van der Waals surface area contributed by atoms with Gasteiger partial charge in [0.2, 0.25) is 0 Å². The maximum absolute atomic E-state index is 12.4. The molecule has 28 heavy (non-hydrogen) atoms. The van der Waals surface area contributed by atoms with Gasteiger partial charge in [-0.15, -0.1) is 0 Å². The zero-order chi connectivity index (χ0) is 19.7. The third-order valence-corrected chi connectivity index (χ3v) is 5.76. The summed E-state index contributed by atoms with van der Waals surface area (Å²) in [5, 5.41) is 0. The molecule has 0 aromatic heterocycles. The minimum Gasteiger partial charge on any atom is -0.378 e. The molecule has 1 fully saturated rings. The highest BCUT2D eigenvalue weighted by molar-refractivity contribution is 9.10. The van der Waals surface area contributed by atoms with Crippen LogP contribution in [0.4, 0.5) is 11.4 Å². The number of ether oxygens (including phenoxy) is 1. The zero-order valence-electron chi connectivity index (χ0n) is 15.7. The third kappa shape index (κ3) is 3.70. The van der Waals surface area contributed by atoms with Crippen LogP contribution in [0.15, 0.2) is 46.9 Å². The summed E-state index contributed by atoms with van der Waals surface area (Å²) in [4.78, 5) is 30.6. The Morgan fingerprint density at radius 3 is 2.50 bits per heavy atom. The van der Waals surface area contributed by atoms with E-state index in [4.69, 9.17) is 4.74 Å². The molecule has 2 aromatic carbocycles. The molecule has 6 nitrogen and oxygen atoms in total. The van der Waals surface area contributed by atoms with Crippen molar-refractivity contribution in [3.05, 3.63) is 58.1 Å². The van der Waals surface area contributed by atoms with Crippen LogP contribution in [-0.4, -0.2) is 56.6 Å². The Morgan fingerprint density at radius 1 is 1.07 bits per heavy atom. The minimum atomic E-state index is -0.476. The molecule has 0 saturated carbocycles. The van der Waals surface area contributed by atoms with Crippen LogP contribution in [0.25, 0.3) is 0 Å². The number of rotatable bonds is 5. The van der Waals surface area contributed by atoms with Gasteiger partial charge in [-0.2, -0.15) is 0 Å². The Morgan fingerprint density at radius 2 is 1.79 bits per heavy atom. The first-order valence-corrected chi connectivity index (χ1v) is 10.1. The van der Waals surface area contributed by atoms with E-state index >= 15 is 0 Å². The summed E-state index contributed by atoms with van der Waals surface area (Å²) in [5.41, 5.74) is 3.48. The van der Waals surface area contributed by atoms with Crippen LogP contribution >= 0.6 is 15.9 Å². The number of benzene rings is 2. The van der Waals surface area contributed by atoms with E-state index in [-0.39, 0.29) is 0 Å². The molecular formula is C21H22BrN3O3. The molecule has 2 aromatic rings. The maximum atomic E-state index is 12.4. The maximum Gasteiger partial charge on any atom is 0.300 e. The van der Waals surface area contributed by atoms with Gasteiger partial charge in [0.25, 0.3) is 5.78 Å². The fraction of sp³-hybridized carbons (Fsp3) is 0.333. The molecular weight excluding hydrogens is 422 g/mol. The number of carbonyl (C=O) groups is 2. The Bertz CT molecular complexity index is 894. The van der Waals surface area contributed by atoms with Gasteiger partial charge in [0.05, 0.1) is 31.1 Å². The van der Waals surface area contributed by atoms with E-state index in [9.17, 15) is 9.59 Å². The molecule has 4 rings (SSSR count). The number of fused-ring (bicyclic) bond motifs is 1. The molecule has 2 heterocycles. The van der Waals surface area contributed by atoms with Crippen molar-refractivity contribution < 1.29 is 14.3 Å². The first-order valence-electron chi connectivity index (χ1n) is 9.29. The SMILES string of the molecule is CN(Cc1ccc(N2CCOCC2)cc1)CN1C(=O)C(=O)c2c(Br)cccc21. The summed E-state index contributed by atoms with van der Waals surface area (Å²) < 4.78 is 6.06. The molecule has 146 valence electrons. The summed E-state index contributed by atoms with van der Waals surface area (Å²) >= 11 is 3.38. The normalized spacial score (nSPS) is 16.8. The number of ketones is 1. The molecule has 1 amide bonds. The number of carbonyl (C=O) groups excluding carboxylic acids is 2. The average molecular weight is 444 g/mol. The lowest BCUT2D eigenvalue weighted by Gasteiger charge is -2.29. The second-order valence-electron chi connectivity index (χ2n) is 7.12. The van der Waals surface area contributed by atoms with Gasteiger partial charge in [0.15, 0.2) is 0 Å². The van der Waals surface area contributed by atoms with Crippen LogP contribution in [0.1, 0.15) is 15.9 Å². The van der Waals surface area contributed by atoms with Crippen molar-refractivity contribution in [3.8, 4) is 0 Å². The predicted molar refractivity (Wildman–Crippen MR) is 112 cm³/mol. The van der Waals surface area contributed by atoms with Crippen LogP contribution in [0.3, 0.4) is 0 Å². The molecule has 0 aliphatic carbocycles. The zero-order valence-corrected chi connectivity index (χ0v) is 17.3. The molecule has 0 radical (unpaired) electrons. The number of halogens is 1. The molecule has 0 atom stereocenters. The van der Waals surface area contributed by atoms with Crippen LogP contribution in [0, 0.1) is 0 Å². The standard InChI is InChI=1S/C21H22BrN3O3/c1-23(13-15-5-7-16(8-6-15)24-9-11-28-12-10-24)14-25-18-4-2-3-17(22)19(18)20(26)21(25)27/h2-8H,9-14H2,1H3. The summed E-state index contributed by atoms with van der Waals surface area (Å²) in [5.74, 6) is -0.929. The van der Waals surface area contributed by atoms with Crippen molar-refractivity contribution >= 4 is 39.0 Å². The van der Waals surface area contributed by atoms with Crippen molar-refractivity contribution in [2.24, 2.45) is 0 Å². The van der Waals surface area contributed by atoms with Gasteiger partial charge in [-0.1, -0.05) is 18.2 Å². The van der Waals surface area contributed by atoms with Crippen LogP contribution in [-0.2, 0) is 16.1 Å². The van der Waals surface area contributed by atoms with Crippen molar-refractivity contribution in [3.63, 3.8) is 0 Å². The Kier molecular flexibility index (Phi) is 5.48. The van der Waals surface area contributed by atoms with E-state index in [1.807, 2.05) is 24.1 Å². The van der Waals surface area contributed by atoms with Crippen molar-refractivity contribution in [1.29, 1.82) is 0 Å². The highest BCUT2D eigenvalue weighted by atomic mass is 79.9. The molecule has 0 spiro atoms. The topological polar surface area (TPSA) is 53.1 Å². The summed E-state index contributed by atoms with van der Waals surface area (Å²) in [6, 6.07) is 13.9. The molecule has 2 aliphatic heterocycles. The van der Waals surface area contributed by atoms with E-state index in [2.05, 4.69) is 45.1 Å². The number of amides is 1. The average Bonchev–Trinajstić information content (AvgIpc) is 2.95. The largest absolute Gasteiger partial charge is 0.378 e. The monoisotopic (exact) mass is 443 g/mol. The highest BCUT2D eigenvalue weighted by Crippen LogP contribution is 2.34. The molecule has 0 N–H and O–H groups in total. The number of Topliss-reactive ketones (excluding diaryl/α,β-unsaturated/α-hetero) is 1. The smallest absolute Gasteiger partial charge is 0.300 e. The molecule has 2 aliphatic rings. The second kappa shape index (κ2) is 8.03. The fourth-order valence-electron chi connectivity index (χ4n) is 3.68. The van der Waals surface area contributed by atoms with Crippen molar-refractivity contribution in [2.75, 3.05) is 49.8 Å². The lowest BCUT2D eigenvalue weighted by atomic mass is 10.1. The van der Waals surface area contributed by atoms with E-state index in [1.54, 1.807) is 11.0 Å². The van der Waals surface area contributed by atoms with E-state index in [1.165, 1.54) is 5.69 Å². The van der Waals surface area contributed by atoms with Gasteiger partial charge < -0.3 is 9.64 Å². The third-order valence-electron chi connectivity index (χ3n) is 5.10. The number of hydrogen-bond donors (Lipinski definition) is 0. The number of morpholine rings is 1. The van der Waals surface area contributed by atoms with Crippen LogP contribution in [0.2, 0.25) is 0 Å². The van der Waals surface area contributed by atoms with Crippen molar-refractivity contribution in [2.45, 2.75) is 6.54 Å². The number of nitrogens with zero attached hydrogens (tertiary/aromatic N) is 3. The molecule has 0 bridgehead atoms. The summed E-state index contributed by atoms with van der Waals surface area (Å²) in [6.07, 6.45) is 0. The van der Waals surface area contributed by atoms with E-state index < -0.39 is 11.7 Å². The Labute approximate surface area is 172 Å². The summed E-state index contributed by atoms with van der Waals surface area (Å²) in [7, 11) is 1.95. The quantitative estimate of drug-likeness (QED) is 0.664. The van der Waals surface area contributed by atoms with Gasteiger partial charge in [-0.05, 0) is 52.8 Å². The van der Waals surface area contributed by atoms with Gasteiger partial charge in [0, 0.05) is 29.8 Å². The van der Waals surface area contributed by atoms with E-state index in [0.717, 1.165) is 31.9 Å². The lowest BCUT2D eigenvalue weighted by molar-refractivity contribution is -0.114. The van der Waals surface area contributed by atoms with Crippen LogP contribution in [0.5, 0.6) is 0 Å². The first-order chi connectivity index (χ1) is 13.5. The van der Waals surface area contributed by atoms with Gasteiger partial charge >= 0.3 is 5.91 Å². The molecule has 0 unspecified atom stereocenters. The second-order valence-corrected chi connectivity index (χ2v) is 7.97. The number of hydrogen-bond acceptors (Lipinski definition) is 5. The first kappa shape index (κ1) is 19.1. The molecule has 7 heteroatoms.